The largest absolute Gasteiger partial charge is 0.507 e. The molecule has 1 aliphatic rings. The minimum Gasteiger partial charge on any atom is -0.507 e. The van der Waals surface area contributed by atoms with Crippen LogP contribution in [0.5, 0.6) is 17.2 Å². The average Bonchev–Trinajstić information content (AvgIpc) is 3.43. The number of aromatic hydroxyl groups is 1. The van der Waals surface area contributed by atoms with Crippen molar-refractivity contribution < 1.29 is 29.3 Å². The van der Waals surface area contributed by atoms with Crippen molar-refractivity contribution in [3.63, 3.8) is 0 Å². The van der Waals surface area contributed by atoms with Gasteiger partial charge in [0.1, 0.15) is 11.5 Å². The first-order valence-electron chi connectivity index (χ1n) is 12.0. The number of hydrogen-bond acceptors (Lipinski definition) is 8. The number of amides is 1. The fourth-order valence-corrected chi connectivity index (χ4v) is 5.87. The van der Waals surface area contributed by atoms with Crippen LogP contribution in [0.2, 0.25) is 0 Å². The molecule has 1 atom stereocenters. The second-order valence-electron chi connectivity index (χ2n) is 8.99. The zero-order chi connectivity index (χ0) is 27.1. The van der Waals surface area contributed by atoms with E-state index < -0.39 is 17.7 Å². The molecule has 194 valence electrons. The minimum atomic E-state index is -1.01. The van der Waals surface area contributed by atoms with Crippen LogP contribution in [0.3, 0.4) is 0 Å². The lowest BCUT2D eigenvalue weighted by Crippen LogP contribution is -2.29. The molecule has 0 radical (unpaired) electrons. The monoisotopic (exact) mass is 530 g/mol. The van der Waals surface area contributed by atoms with Gasteiger partial charge in [-0.3, -0.25) is 14.5 Å². The van der Waals surface area contributed by atoms with Crippen LogP contribution in [0.4, 0.5) is 5.13 Å². The molecule has 0 bridgehead atoms. The number of anilines is 1. The van der Waals surface area contributed by atoms with Gasteiger partial charge in [-0.05, 0) is 67.8 Å². The number of fused-ring (bicyclic) bond motifs is 1. The highest BCUT2D eigenvalue weighted by molar-refractivity contribution is 7.22. The Kier molecular flexibility index (Phi) is 6.54. The van der Waals surface area contributed by atoms with Gasteiger partial charge in [-0.15, -0.1) is 0 Å². The van der Waals surface area contributed by atoms with Gasteiger partial charge in [0.25, 0.3) is 5.78 Å². The van der Waals surface area contributed by atoms with Crippen LogP contribution in [0.25, 0.3) is 16.0 Å². The quantitative estimate of drug-likeness (QED) is 0.188. The summed E-state index contributed by atoms with van der Waals surface area (Å²) in [5.74, 6) is -1.37. The molecule has 4 aromatic rings. The molecule has 2 heterocycles. The van der Waals surface area contributed by atoms with E-state index in [-0.39, 0.29) is 22.8 Å². The van der Waals surface area contributed by atoms with Crippen molar-refractivity contribution in [2.24, 2.45) is 0 Å². The highest BCUT2D eigenvalue weighted by Crippen LogP contribution is 2.46. The Labute approximate surface area is 223 Å². The van der Waals surface area contributed by atoms with Gasteiger partial charge in [0.05, 0.1) is 35.5 Å². The number of rotatable bonds is 6. The summed E-state index contributed by atoms with van der Waals surface area (Å²) in [6.45, 7) is 6.02. The zero-order valence-electron chi connectivity index (χ0n) is 21.3. The number of methoxy groups -OCH3 is 1. The van der Waals surface area contributed by atoms with Crippen molar-refractivity contribution in [3.8, 4) is 17.2 Å². The molecular weight excluding hydrogens is 504 g/mol. The maximum absolute atomic E-state index is 13.6. The standard InChI is InChI=1S/C29H26N2O6S/c1-5-37-21-14-17(9-10-20(21)32)25-23(26(33)18-7-6-8-19(13-18)36-4)27(34)28(35)31(25)29-30-24-16(3)11-15(2)12-22(24)38-29/h6-14,25,32-33H,5H2,1-4H3. The van der Waals surface area contributed by atoms with E-state index in [1.807, 2.05) is 26.0 Å². The molecule has 1 fully saturated rings. The molecule has 1 unspecified atom stereocenters. The third-order valence-corrected chi connectivity index (χ3v) is 7.41. The Morgan fingerprint density at radius 1 is 1.11 bits per heavy atom. The van der Waals surface area contributed by atoms with Crippen LogP contribution < -0.4 is 14.4 Å². The lowest BCUT2D eigenvalue weighted by Gasteiger charge is -2.23. The Morgan fingerprint density at radius 3 is 2.63 bits per heavy atom. The summed E-state index contributed by atoms with van der Waals surface area (Å²) in [7, 11) is 1.50. The van der Waals surface area contributed by atoms with E-state index in [0.717, 1.165) is 21.3 Å². The van der Waals surface area contributed by atoms with E-state index in [0.29, 0.717) is 28.6 Å². The smallest absolute Gasteiger partial charge is 0.301 e. The molecular formula is C29H26N2O6S. The summed E-state index contributed by atoms with van der Waals surface area (Å²) in [4.78, 5) is 33.1. The molecule has 9 heteroatoms. The number of thiazole rings is 1. The van der Waals surface area contributed by atoms with Crippen LogP contribution in [0.1, 0.15) is 35.2 Å². The van der Waals surface area contributed by atoms with Crippen LogP contribution in [-0.2, 0) is 9.59 Å². The summed E-state index contributed by atoms with van der Waals surface area (Å²) in [5.41, 5.74) is 3.46. The molecule has 0 saturated carbocycles. The van der Waals surface area contributed by atoms with Crippen molar-refractivity contribution in [2.45, 2.75) is 26.8 Å². The molecule has 38 heavy (non-hydrogen) atoms. The number of aliphatic hydroxyl groups excluding tert-OH is 1. The number of aryl methyl sites for hydroxylation is 2. The number of aromatic nitrogens is 1. The van der Waals surface area contributed by atoms with Crippen LogP contribution >= 0.6 is 11.3 Å². The Bertz CT molecular complexity index is 1620. The lowest BCUT2D eigenvalue weighted by molar-refractivity contribution is -0.132. The SMILES string of the molecule is CCOc1cc(C2C(=C(O)c3cccc(OC)c3)C(=O)C(=O)N2c2nc3c(C)cc(C)cc3s2)ccc1O. The number of Topliss-reactive ketones (excluding diaryl/α,β-unsaturated/α-hetero) is 1. The summed E-state index contributed by atoms with van der Waals surface area (Å²) in [5, 5.41) is 22.0. The highest BCUT2D eigenvalue weighted by Gasteiger charge is 2.48. The molecule has 1 aliphatic heterocycles. The number of carbonyl (C=O) groups excluding carboxylic acids is 2. The van der Waals surface area contributed by atoms with Gasteiger partial charge in [0.2, 0.25) is 0 Å². The molecule has 1 aromatic heterocycles. The fourth-order valence-electron chi connectivity index (χ4n) is 4.70. The lowest BCUT2D eigenvalue weighted by atomic mass is 9.95. The van der Waals surface area contributed by atoms with Crippen molar-refractivity contribution in [1.29, 1.82) is 0 Å². The number of nitrogens with zero attached hydrogens (tertiary/aromatic N) is 2. The van der Waals surface area contributed by atoms with Crippen molar-refractivity contribution in [1.82, 2.24) is 4.98 Å². The predicted octanol–water partition coefficient (Wildman–Crippen LogP) is 5.65. The number of phenols is 1. The summed E-state index contributed by atoms with van der Waals surface area (Å²) in [6.07, 6.45) is 0. The van der Waals surface area contributed by atoms with Gasteiger partial charge < -0.3 is 19.7 Å². The highest BCUT2D eigenvalue weighted by atomic mass is 32.1. The minimum absolute atomic E-state index is 0.0774. The number of phenolic OH excluding ortho intramolecular Hbond substituents is 1. The molecule has 8 nitrogen and oxygen atoms in total. The van der Waals surface area contributed by atoms with E-state index >= 15 is 0 Å². The van der Waals surface area contributed by atoms with E-state index in [2.05, 4.69) is 0 Å². The molecule has 0 aliphatic carbocycles. The molecule has 0 spiro atoms. The fraction of sp³-hybridized carbons (Fsp3) is 0.207. The summed E-state index contributed by atoms with van der Waals surface area (Å²) < 4.78 is 11.7. The van der Waals surface area contributed by atoms with Gasteiger partial charge in [0, 0.05) is 5.56 Å². The third-order valence-electron chi connectivity index (χ3n) is 6.41. The maximum atomic E-state index is 13.6. The molecule has 2 N–H and O–H groups in total. The van der Waals surface area contributed by atoms with Crippen molar-refractivity contribution in [2.75, 3.05) is 18.6 Å². The van der Waals surface area contributed by atoms with Gasteiger partial charge in [-0.25, -0.2) is 4.98 Å². The summed E-state index contributed by atoms with van der Waals surface area (Å²) in [6, 6.07) is 14.2. The number of aliphatic hydroxyl groups is 1. The number of hydrogen-bond donors (Lipinski definition) is 2. The third kappa shape index (κ3) is 4.24. The molecule has 1 amide bonds. The van der Waals surface area contributed by atoms with Crippen molar-refractivity contribution >= 4 is 44.1 Å². The molecule has 3 aromatic carbocycles. The van der Waals surface area contributed by atoms with E-state index in [1.165, 1.54) is 29.4 Å². The number of benzene rings is 3. The van der Waals surface area contributed by atoms with Crippen LogP contribution in [-0.4, -0.2) is 40.6 Å². The topological polar surface area (TPSA) is 109 Å². The number of ether oxygens (including phenoxy) is 2. The molecule has 5 rings (SSSR count). The normalized spacial score (nSPS) is 16.8. The van der Waals surface area contributed by atoms with Gasteiger partial charge in [-0.1, -0.05) is 35.6 Å². The summed E-state index contributed by atoms with van der Waals surface area (Å²) >= 11 is 1.30. The van der Waals surface area contributed by atoms with Gasteiger partial charge in [-0.2, -0.15) is 0 Å². The Balaban J connectivity index is 1.76. The van der Waals surface area contributed by atoms with Gasteiger partial charge >= 0.3 is 5.91 Å². The Hall–Kier alpha value is -4.37. The first-order chi connectivity index (χ1) is 18.2. The van der Waals surface area contributed by atoms with E-state index in [4.69, 9.17) is 14.5 Å². The predicted molar refractivity (Wildman–Crippen MR) is 146 cm³/mol. The zero-order valence-corrected chi connectivity index (χ0v) is 22.1. The van der Waals surface area contributed by atoms with Gasteiger partial charge in [0.15, 0.2) is 16.6 Å². The molecule has 1 saturated heterocycles. The first kappa shape index (κ1) is 25.3. The first-order valence-corrected chi connectivity index (χ1v) is 12.8. The second-order valence-corrected chi connectivity index (χ2v) is 10.00. The van der Waals surface area contributed by atoms with Crippen molar-refractivity contribution in [3.05, 3.63) is 82.4 Å². The average molecular weight is 531 g/mol. The number of carbonyl (C=O) groups is 2. The van der Waals surface area contributed by atoms with E-state index in [1.54, 1.807) is 43.3 Å². The number of ketones is 1. The van der Waals surface area contributed by atoms with Crippen LogP contribution in [0.15, 0.2) is 60.2 Å². The van der Waals surface area contributed by atoms with Crippen LogP contribution in [0, 0.1) is 13.8 Å². The maximum Gasteiger partial charge on any atom is 0.301 e. The Morgan fingerprint density at radius 2 is 1.89 bits per heavy atom. The van der Waals surface area contributed by atoms with E-state index in [9.17, 15) is 19.8 Å². The second kappa shape index (κ2) is 9.83.